The van der Waals surface area contributed by atoms with E-state index in [9.17, 15) is 0 Å². The van der Waals surface area contributed by atoms with Crippen LogP contribution >= 0.6 is 0 Å². The van der Waals surface area contributed by atoms with E-state index in [4.69, 9.17) is 10.5 Å². The summed E-state index contributed by atoms with van der Waals surface area (Å²) >= 11 is 0. The summed E-state index contributed by atoms with van der Waals surface area (Å²) in [5.41, 5.74) is 5.47. The smallest absolute Gasteiger partial charge is 0.101 e. The van der Waals surface area contributed by atoms with Crippen molar-refractivity contribution in [1.29, 1.82) is 10.5 Å². The zero-order valence-electron chi connectivity index (χ0n) is 10.8. The SMILES string of the molecule is N#CC=C(C#N)c1cc2c3c(c1)CCCN3CCC2. The number of aryl methyl sites for hydroxylation is 2. The monoisotopic (exact) mass is 249 g/mol. The van der Waals surface area contributed by atoms with Gasteiger partial charge in [0.1, 0.15) is 6.07 Å². The lowest BCUT2D eigenvalue weighted by Crippen LogP contribution is -2.34. The molecule has 19 heavy (non-hydrogen) atoms. The Hall–Kier alpha value is -2.26. The van der Waals surface area contributed by atoms with Gasteiger partial charge in [0.2, 0.25) is 0 Å². The molecule has 0 aromatic heterocycles. The second kappa shape index (κ2) is 4.78. The molecule has 0 saturated heterocycles. The molecule has 0 bridgehead atoms. The lowest BCUT2D eigenvalue weighted by atomic mass is 9.88. The first kappa shape index (κ1) is 11.8. The minimum Gasteiger partial charge on any atom is -0.371 e. The van der Waals surface area contributed by atoms with Gasteiger partial charge in [-0.2, -0.15) is 10.5 Å². The van der Waals surface area contributed by atoms with Gasteiger partial charge in [-0.3, -0.25) is 0 Å². The minimum absolute atomic E-state index is 0.476. The molecule has 3 heteroatoms. The van der Waals surface area contributed by atoms with Gasteiger partial charge in [0, 0.05) is 24.9 Å². The van der Waals surface area contributed by atoms with E-state index < -0.39 is 0 Å². The third kappa shape index (κ3) is 1.98. The summed E-state index contributed by atoms with van der Waals surface area (Å²) in [6.45, 7) is 2.30. The Bertz CT molecular complexity index is 597. The van der Waals surface area contributed by atoms with E-state index in [-0.39, 0.29) is 0 Å². The molecule has 0 aliphatic carbocycles. The van der Waals surface area contributed by atoms with Crippen molar-refractivity contribution < 1.29 is 0 Å². The Kier molecular flexibility index (Phi) is 2.97. The number of anilines is 1. The summed E-state index contributed by atoms with van der Waals surface area (Å²) in [6.07, 6.45) is 5.87. The Labute approximate surface area is 113 Å². The van der Waals surface area contributed by atoms with Gasteiger partial charge in [-0.1, -0.05) is 0 Å². The fourth-order valence-electron chi connectivity index (χ4n) is 3.20. The maximum Gasteiger partial charge on any atom is 0.101 e. The van der Waals surface area contributed by atoms with E-state index in [1.807, 2.05) is 6.07 Å². The number of allylic oxidation sites excluding steroid dienone is 2. The molecule has 0 unspecified atom stereocenters. The van der Waals surface area contributed by atoms with Crippen LogP contribution in [-0.2, 0) is 12.8 Å². The molecule has 1 aromatic rings. The predicted molar refractivity (Wildman–Crippen MR) is 74.5 cm³/mol. The molecule has 3 rings (SSSR count). The third-order valence-corrected chi connectivity index (χ3v) is 3.97. The van der Waals surface area contributed by atoms with Crippen molar-refractivity contribution in [2.75, 3.05) is 18.0 Å². The first-order valence-corrected chi connectivity index (χ1v) is 6.74. The molecular weight excluding hydrogens is 234 g/mol. The number of nitriles is 2. The van der Waals surface area contributed by atoms with Gasteiger partial charge in [-0.05, 0) is 54.5 Å². The highest BCUT2D eigenvalue weighted by Gasteiger charge is 2.24. The van der Waals surface area contributed by atoms with Gasteiger partial charge in [-0.25, -0.2) is 0 Å². The molecule has 0 saturated carbocycles. The normalized spacial score (nSPS) is 17.4. The van der Waals surface area contributed by atoms with Crippen LogP contribution in [0.1, 0.15) is 29.5 Å². The number of hydrogen-bond donors (Lipinski definition) is 0. The van der Waals surface area contributed by atoms with Crippen molar-refractivity contribution in [3.8, 4) is 12.1 Å². The number of nitrogens with zero attached hydrogens (tertiary/aromatic N) is 3. The van der Waals surface area contributed by atoms with Crippen LogP contribution in [0.3, 0.4) is 0 Å². The predicted octanol–water partition coefficient (Wildman–Crippen LogP) is 2.82. The molecule has 94 valence electrons. The van der Waals surface area contributed by atoms with Crippen molar-refractivity contribution >= 4 is 11.3 Å². The van der Waals surface area contributed by atoms with E-state index in [0.717, 1.165) is 31.5 Å². The van der Waals surface area contributed by atoms with Gasteiger partial charge >= 0.3 is 0 Å². The van der Waals surface area contributed by atoms with Gasteiger partial charge in [0.05, 0.1) is 11.6 Å². The zero-order chi connectivity index (χ0) is 13.2. The molecule has 0 atom stereocenters. The van der Waals surface area contributed by atoms with Gasteiger partial charge < -0.3 is 4.90 Å². The summed E-state index contributed by atoms with van der Waals surface area (Å²) in [7, 11) is 0. The van der Waals surface area contributed by atoms with E-state index >= 15 is 0 Å². The van der Waals surface area contributed by atoms with E-state index in [1.165, 1.54) is 35.7 Å². The molecule has 0 radical (unpaired) electrons. The van der Waals surface area contributed by atoms with Crippen molar-refractivity contribution in [3.63, 3.8) is 0 Å². The second-order valence-corrected chi connectivity index (χ2v) is 5.14. The van der Waals surface area contributed by atoms with Gasteiger partial charge in [0.25, 0.3) is 0 Å². The number of rotatable bonds is 1. The highest BCUT2D eigenvalue weighted by Crippen LogP contribution is 2.37. The summed E-state index contributed by atoms with van der Waals surface area (Å²) < 4.78 is 0. The largest absolute Gasteiger partial charge is 0.371 e. The van der Waals surface area contributed by atoms with E-state index in [1.54, 1.807) is 0 Å². The Morgan fingerprint density at radius 3 is 2.26 bits per heavy atom. The average molecular weight is 249 g/mol. The Morgan fingerprint density at radius 2 is 1.74 bits per heavy atom. The van der Waals surface area contributed by atoms with Crippen LogP contribution in [0.4, 0.5) is 5.69 Å². The average Bonchev–Trinajstić information content (AvgIpc) is 2.45. The van der Waals surface area contributed by atoms with Gasteiger partial charge in [-0.15, -0.1) is 0 Å². The maximum atomic E-state index is 9.16. The molecule has 0 amide bonds. The van der Waals surface area contributed by atoms with E-state index in [0.29, 0.717) is 5.57 Å². The first-order chi connectivity index (χ1) is 9.33. The van der Waals surface area contributed by atoms with Crippen LogP contribution in [0.25, 0.3) is 5.57 Å². The van der Waals surface area contributed by atoms with Gasteiger partial charge in [0.15, 0.2) is 0 Å². The molecule has 2 aliphatic rings. The molecule has 1 aromatic carbocycles. The highest BCUT2D eigenvalue weighted by molar-refractivity contribution is 5.81. The van der Waals surface area contributed by atoms with E-state index in [2.05, 4.69) is 23.1 Å². The molecule has 2 aliphatic heterocycles. The standard InChI is InChI=1S/C16H15N3/c17-6-5-14(11-18)15-9-12-3-1-7-19-8-2-4-13(10-15)16(12)19/h5,9-10H,1-4,7-8H2. The third-order valence-electron chi connectivity index (χ3n) is 3.97. The molecular formula is C16H15N3. The minimum atomic E-state index is 0.476. The van der Waals surface area contributed by atoms with Crippen LogP contribution in [-0.4, -0.2) is 13.1 Å². The number of benzene rings is 1. The lowest BCUT2D eigenvalue weighted by molar-refractivity contribution is 0.634. The van der Waals surface area contributed by atoms with Crippen LogP contribution in [0.2, 0.25) is 0 Å². The summed E-state index contributed by atoms with van der Waals surface area (Å²) in [5, 5.41) is 17.9. The zero-order valence-corrected chi connectivity index (χ0v) is 10.8. The summed E-state index contributed by atoms with van der Waals surface area (Å²) in [6, 6.07) is 8.29. The molecule has 0 N–H and O–H groups in total. The van der Waals surface area contributed by atoms with Crippen LogP contribution < -0.4 is 4.90 Å². The van der Waals surface area contributed by atoms with Crippen molar-refractivity contribution in [2.45, 2.75) is 25.7 Å². The van der Waals surface area contributed by atoms with Crippen LogP contribution in [0.5, 0.6) is 0 Å². The summed E-state index contributed by atoms with van der Waals surface area (Å²) in [4.78, 5) is 2.47. The molecule has 0 spiro atoms. The van der Waals surface area contributed by atoms with Crippen molar-refractivity contribution in [3.05, 3.63) is 34.9 Å². The summed E-state index contributed by atoms with van der Waals surface area (Å²) in [5.74, 6) is 0. The second-order valence-electron chi connectivity index (χ2n) is 5.14. The molecule has 3 nitrogen and oxygen atoms in total. The van der Waals surface area contributed by atoms with Crippen molar-refractivity contribution in [1.82, 2.24) is 0 Å². The van der Waals surface area contributed by atoms with Crippen LogP contribution in [0.15, 0.2) is 18.2 Å². The fraction of sp³-hybridized carbons (Fsp3) is 0.375. The highest BCUT2D eigenvalue weighted by atomic mass is 15.1. The maximum absolute atomic E-state index is 9.16. The Balaban J connectivity index is 2.14. The fourth-order valence-corrected chi connectivity index (χ4v) is 3.20. The topological polar surface area (TPSA) is 50.8 Å². The lowest BCUT2D eigenvalue weighted by Gasteiger charge is -2.37. The quantitative estimate of drug-likeness (QED) is 0.719. The van der Waals surface area contributed by atoms with Crippen LogP contribution in [0, 0.1) is 22.7 Å². The molecule has 2 heterocycles. The Morgan fingerprint density at radius 1 is 1.11 bits per heavy atom. The molecule has 0 fully saturated rings. The van der Waals surface area contributed by atoms with Crippen molar-refractivity contribution in [2.24, 2.45) is 0 Å². The first-order valence-electron chi connectivity index (χ1n) is 6.74. The number of hydrogen-bond acceptors (Lipinski definition) is 3.